The molecule has 3 aromatic rings. The molecule has 2 saturated heterocycles. The predicted molar refractivity (Wildman–Crippen MR) is 139 cm³/mol. The zero-order chi connectivity index (χ0) is 25.5. The van der Waals surface area contributed by atoms with Crippen LogP contribution in [-0.4, -0.2) is 70.9 Å². The number of nitrogens with zero attached hydrogens (tertiary/aromatic N) is 2. The number of amides is 2. The van der Waals surface area contributed by atoms with Crippen molar-refractivity contribution in [2.24, 2.45) is 0 Å². The van der Waals surface area contributed by atoms with Gasteiger partial charge in [-0.15, -0.1) is 0 Å². The minimum atomic E-state index is -0.502. The number of carbonyl (C=O) groups is 3. The third-order valence-corrected chi connectivity index (χ3v) is 8.19. The SMILES string of the molecule is COC(=O)[C@@H](Cc1ccccc1)NCC[C@H]1c2[nH]c3ccccc3c2C[C@H]2C(=O)N3CCC[C@H]3C(=O)N21. The van der Waals surface area contributed by atoms with Crippen molar-refractivity contribution in [3.63, 3.8) is 0 Å². The summed E-state index contributed by atoms with van der Waals surface area (Å²) in [6.07, 6.45) is 3.19. The Morgan fingerprint density at radius 3 is 2.68 bits per heavy atom. The molecule has 0 unspecified atom stereocenters. The molecule has 0 bridgehead atoms. The lowest BCUT2D eigenvalue weighted by molar-refractivity contribution is -0.163. The monoisotopic (exact) mass is 500 g/mol. The van der Waals surface area contributed by atoms with Crippen LogP contribution in [0.15, 0.2) is 54.6 Å². The molecule has 0 saturated carbocycles. The molecule has 2 aromatic carbocycles. The summed E-state index contributed by atoms with van der Waals surface area (Å²) in [5, 5.41) is 4.48. The lowest BCUT2D eigenvalue weighted by atomic mass is 9.86. The zero-order valence-corrected chi connectivity index (χ0v) is 21.0. The van der Waals surface area contributed by atoms with E-state index in [-0.39, 0.29) is 29.9 Å². The second kappa shape index (κ2) is 9.67. The van der Waals surface area contributed by atoms with Crippen LogP contribution < -0.4 is 5.32 Å². The minimum absolute atomic E-state index is 0.0465. The fourth-order valence-electron chi connectivity index (χ4n) is 6.45. The number of fused-ring (bicyclic) bond motifs is 5. The molecule has 6 rings (SSSR count). The summed E-state index contributed by atoms with van der Waals surface area (Å²) in [4.78, 5) is 47.1. The Morgan fingerprint density at radius 2 is 1.86 bits per heavy atom. The summed E-state index contributed by atoms with van der Waals surface area (Å²) >= 11 is 0. The van der Waals surface area contributed by atoms with Gasteiger partial charge in [-0.2, -0.15) is 0 Å². The molecule has 2 N–H and O–H groups in total. The van der Waals surface area contributed by atoms with E-state index in [9.17, 15) is 14.4 Å². The van der Waals surface area contributed by atoms with Gasteiger partial charge in [-0.25, -0.2) is 0 Å². The van der Waals surface area contributed by atoms with Gasteiger partial charge in [0, 0.05) is 29.6 Å². The van der Waals surface area contributed by atoms with Crippen LogP contribution >= 0.6 is 0 Å². The number of hydrogen-bond donors (Lipinski definition) is 2. The topological polar surface area (TPSA) is 94.7 Å². The van der Waals surface area contributed by atoms with E-state index in [4.69, 9.17) is 4.74 Å². The number of para-hydroxylation sites is 1. The number of aromatic nitrogens is 1. The van der Waals surface area contributed by atoms with Crippen molar-refractivity contribution in [3.8, 4) is 0 Å². The molecule has 8 nitrogen and oxygen atoms in total. The second-order valence-corrected chi connectivity index (χ2v) is 10.2. The second-order valence-electron chi connectivity index (χ2n) is 10.2. The van der Waals surface area contributed by atoms with Crippen LogP contribution in [0.3, 0.4) is 0 Å². The van der Waals surface area contributed by atoms with Gasteiger partial charge in [0.1, 0.15) is 18.1 Å². The van der Waals surface area contributed by atoms with Crippen LogP contribution in [0.4, 0.5) is 0 Å². The molecule has 8 heteroatoms. The van der Waals surface area contributed by atoms with Gasteiger partial charge < -0.3 is 24.8 Å². The Bertz CT molecular complexity index is 1340. The molecule has 4 atom stereocenters. The number of H-pyrrole nitrogens is 1. The summed E-state index contributed by atoms with van der Waals surface area (Å²) in [6, 6.07) is 16.3. The van der Waals surface area contributed by atoms with Crippen molar-refractivity contribution < 1.29 is 19.1 Å². The number of ether oxygens (including phenoxy) is 1. The van der Waals surface area contributed by atoms with Gasteiger partial charge in [0.15, 0.2) is 0 Å². The van der Waals surface area contributed by atoms with Crippen molar-refractivity contribution in [3.05, 3.63) is 71.4 Å². The van der Waals surface area contributed by atoms with Crippen molar-refractivity contribution >= 4 is 28.7 Å². The average Bonchev–Trinajstić information content (AvgIpc) is 3.57. The molecule has 0 aliphatic carbocycles. The van der Waals surface area contributed by atoms with E-state index in [1.165, 1.54) is 7.11 Å². The van der Waals surface area contributed by atoms with Crippen molar-refractivity contribution in [1.29, 1.82) is 0 Å². The Kier molecular flexibility index (Phi) is 6.20. The summed E-state index contributed by atoms with van der Waals surface area (Å²) in [5.41, 5.74) is 4.18. The van der Waals surface area contributed by atoms with E-state index in [1.807, 2.05) is 53.4 Å². The molecule has 2 amide bonds. The van der Waals surface area contributed by atoms with Gasteiger partial charge >= 0.3 is 5.97 Å². The molecular weight excluding hydrogens is 468 g/mol. The quantitative estimate of drug-likeness (QED) is 0.487. The normalized spacial score (nSPS) is 23.5. The summed E-state index contributed by atoms with van der Waals surface area (Å²) in [5.74, 6) is -0.208. The molecule has 37 heavy (non-hydrogen) atoms. The van der Waals surface area contributed by atoms with Crippen LogP contribution in [0.1, 0.15) is 42.1 Å². The Morgan fingerprint density at radius 1 is 1.08 bits per heavy atom. The summed E-state index contributed by atoms with van der Waals surface area (Å²) in [6.45, 7) is 1.15. The molecule has 3 aliphatic heterocycles. The number of aromatic amines is 1. The highest BCUT2D eigenvalue weighted by Gasteiger charge is 2.52. The van der Waals surface area contributed by atoms with Crippen LogP contribution in [0, 0.1) is 0 Å². The van der Waals surface area contributed by atoms with Crippen molar-refractivity contribution in [1.82, 2.24) is 20.1 Å². The first-order valence-corrected chi connectivity index (χ1v) is 13.1. The third-order valence-electron chi connectivity index (χ3n) is 8.19. The average molecular weight is 501 g/mol. The molecule has 2 fully saturated rings. The smallest absolute Gasteiger partial charge is 0.323 e. The van der Waals surface area contributed by atoms with E-state index in [0.29, 0.717) is 32.4 Å². The highest BCUT2D eigenvalue weighted by atomic mass is 16.5. The maximum absolute atomic E-state index is 13.7. The van der Waals surface area contributed by atoms with E-state index in [2.05, 4.69) is 16.4 Å². The van der Waals surface area contributed by atoms with E-state index in [1.54, 1.807) is 4.90 Å². The molecule has 0 radical (unpaired) electrons. The number of hydrogen-bond acceptors (Lipinski definition) is 5. The largest absolute Gasteiger partial charge is 0.468 e. The lowest BCUT2D eigenvalue weighted by Crippen LogP contribution is -2.65. The molecule has 192 valence electrons. The molecule has 0 spiro atoms. The maximum atomic E-state index is 13.7. The summed E-state index contributed by atoms with van der Waals surface area (Å²) < 4.78 is 5.07. The third kappa shape index (κ3) is 4.09. The standard InChI is InChI=1S/C29H32N4O4/c1-37-29(36)22(16-18-8-3-2-4-9-18)30-14-13-23-26-20(19-10-5-6-11-21(19)31-26)17-25-27(34)32-15-7-12-24(32)28(35)33(23)25/h2-6,8-11,22-25,30-31H,7,12-17H2,1H3/t22-,23+,24+,25+/m1/s1. The first-order chi connectivity index (χ1) is 18.1. The van der Waals surface area contributed by atoms with Crippen LogP contribution in [-0.2, 0) is 32.0 Å². The number of rotatable bonds is 7. The fraction of sp³-hybridized carbons (Fsp3) is 0.414. The van der Waals surface area contributed by atoms with E-state index >= 15 is 0 Å². The molecule has 3 aliphatic rings. The van der Waals surface area contributed by atoms with Gasteiger partial charge in [0.05, 0.1) is 13.2 Å². The predicted octanol–water partition coefficient (Wildman–Crippen LogP) is 2.73. The van der Waals surface area contributed by atoms with Gasteiger partial charge in [-0.1, -0.05) is 48.5 Å². The van der Waals surface area contributed by atoms with E-state index in [0.717, 1.165) is 40.6 Å². The van der Waals surface area contributed by atoms with Crippen LogP contribution in [0.25, 0.3) is 10.9 Å². The van der Waals surface area contributed by atoms with Crippen LogP contribution in [0.2, 0.25) is 0 Å². The van der Waals surface area contributed by atoms with Gasteiger partial charge in [-0.05, 0) is 49.4 Å². The first-order valence-electron chi connectivity index (χ1n) is 13.1. The maximum Gasteiger partial charge on any atom is 0.323 e. The Balaban J connectivity index is 1.29. The molecule has 4 heterocycles. The molecular formula is C29H32N4O4. The van der Waals surface area contributed by atoms with Crippen LogP contribution in [0.5, 0.6) is 0 Å². The van der Waals surface area contributed by atoms with Gasteiger partial charge in [0.2, 0.25) is 11.8 Å². The summed E-state index contributed by atoms with van der Waals surface area (Å²) in [7, 11) is 1.40. The number of esters is 1. The number of carbonyl (C=O) groups excluding carboxylic acids is 3. The van der Waals surface area contributed by atoms with Crippen molar-refractivity contribution in [2.45, 2.75) is 56.3 Å². The number of piperazine rings is 1. The Labute approximate surface area is 216 Å². The zero-order valence-electron chi connectivity index (χ0n) is 21.0. The molecule has 1 aromatic heterocycles. The lowest BCUT2D eigenvalue weighted by Gasteiger charge is -2.48. The van der Waals surface area contributed by atoms with Gasteiger partial charge in [-0.3, -0.25) is 14.4 Å². The Hall–Kier alpha value is -3.65. The highest BCUT2D eigenvalue weighted by molar-refractivity contribution is 5.99. The minimum Gasteiger partial charge on any atom is -0.468 e. The first kappa shape index (κ1) is 23.7. The van der Waals surface area contributed by atoms with E-state index < -0.39 is 12.1 Å². The highest BCUT2D eigenvalue weighted by Crippen LogP contribution is 2.43. The fourth-order valence-corrected chi connectivity index (χ4v) is 6.45. The number of methoxy groups -OCH3 is 1. The van der Waals surface area contributed by atoms with Gasteiger partial charge in [0.25, 0.3) is 0 Å². The van der Waals surface area contributed by atoms with Crippen molar-refractivity contribution in [2.75, 3.05) is 20.2 Å². The number of benzene rings is 2. The number of nitrogens with one attached hydrogen (secondary N) is 2.